The summed E-state index contributed by atoms with van der Waals surface area (Å²) in [5.41, 5.74) is 0. The van der Waals surface area contributed by atoms with Gasteiger partial charge in [-0.3, -0.25) is 0 Å². The van der Waals surface area contributed by atoms with Crippen molar-refractivity contribution in [2.24, 2.45) is 0 Å². The zero-order valence-corrected chi connectivity index (χ0v) is 4.52. The highest BCUT2D eigenvalue weighted by Gasteiger charge is 1.74. The van der Waals surface area contributed by atoms with Crippen molar-refractivity contribution in [2.75, 3.05) is 0 Å². The van der Waals surface area contributed by atoms with Gasteiger partial charge >= 0.3 is 23.1 Å². The fourth-order valence-electron chi connectivity index (χ4n) is 0.415. The molecule has 0 aliphatic rings. The van der Waals surface area contributed by atoms with Gasteiger partial charge in [0, 0.05) is 5.02 Å². The van der Waals surface area contributed by atoms with Gasteiger partial charge in [-0.1, -0.05) is 29.8 Å². The quantitative estimate of drug-likeness (QED) is 0.476. The van der Waals surface area contributed by atoms with Gasteiger partial charge in [-0.05, 0) is 12.1 Å². The Morgan fingerprint density at radius 3 is 1.75 bits per heavy atom. The molecule has 0 heterocycles. The third-order valence-corrected chi connectivity index (χ3v) is 0.985. The summed E-state index contributed by atoms with van der Waals surface area (Å²) in [7, 11) is 0. The van der Waals surface area contributed by atoms with Gasteiger partial charge in [0.1, 0.15) is 0 Å². The summed E-state index contributed by atoms with van der Waals surface area (Å²) in [6.07, 6.45) is 0. The monoisotopic (exact) mass is 138 g/mol. The van der Waals surface area contributed by atoms with E-state index in [2.05, 4.69) is 0 Å². The Morgan fingerprint density at radius 1 is 1.00 bits per heavy atom. The maximum absolute atomic E-state index is 5.54. The molecule has 0 unspecified atom stereocenters. The summed E-state index contributed by atoms with van der Waals surface area (Å²) >= 11 is 5.54. The predicted molar refractivity (Wildman–Crippen MR) is 40.0 cm³/mol. The van der Waals surface area contributed by atoms with E-state index >= 15 is 0 Å². The Bertz CT molecular complexity index is 138. The van der Waals surface area contributed by atoms with Crippen molar-refractivity contribution in [1.82, 2.24) is 0 Å². The number of rotatable bonds is 0. The van der Waals surface area contributed by atoms with E-state index in [4.69, 9.17) is 11.6 Å². The molecule has 1 aromatic rings. The summed E-state index contributed by atoms with van der Waals surface area (Å²) in [5, 5.41) is 0.794. The molecule has 0 amide bonds. The van der Waals surface area contributed by atoms with E-state index in [1.807, 2.05) is 30.3 Å². The Hall–Kier alpha value is 0.276. The van der Waals surface area contributed by atoms with Gasteiger partial charge in [-0.2, -0.15) is 0 Å². The normalized spacial score (nSPS) is 7.62. The number of halogens is 1. The van der Waals surface area contributed by atoms with Crippen molar-refractivity contribution >= 4 is 34.7 Å². The Kier molecular flexibility index (Phi) is 4.33. The maximum Gasteiger partial charge on any atom is 0.316 e. The lowest BCUT2D eigenvalue weighted by Gasteiger charge is -1.80. The van der Waals surface area contributed by atoms with E-state index in [0.29, 0.717) is 0 Å². The van der Waals surface area contributed by atoms with Crippen LogP contribution in [-0.4, -0.2) is 23.1 Å². The molecule has 0 spiro atoms. The van der Waals surface area contributed by atoms with Gasteiger partial charge in [0.25, 0.3) is 0 Å². The van der Waals surface area contributed by atoms with Crippen molar-refractivity contribution in [3.05, 3.63) is 35.4 Å². The molecule has 2 heteroatoms. The second kappa shape index (κ2) is 4.18. The standard InChI is InChI=1S/C6H5Cl.Mg.2H/c7-6-4-2-1-3-5-6;;;/h1-5H;;;. The van der Waals surface area contributed by atoms with Gasteiger partial charge in [0.05, 0.1) is 0 Å². The van der Waals surface area contributed by atoms with Crippen molar-refractivity contribution in [3.8, 4) is 0 Å². The minimum atomic E-state index is 0. The average Bonchev–Trinajstić information content (AvgIpc) is 1.69. The van der Waals surface area contributed by atoms with Gasteiger partial charge in [0.2, 0.25) is 0 Å². The van der Waals surface area contributed by atoms with Crippen LogP contribution in [0.15, 0.2) is 30.3 Å². The van der Waals surface area contributed by atoms with Crippen molar-refractivity contribution in [3.63, 3.8) is 0 Å². The van der Waals surface area contributed by atoms with Gasteiger partial charge in [0.15, 0.2) is 0 Å². The summed E-state index contributed by atoms with van der Waals surface area (Å²) in [6.45, 7) is 0. The third-order valence-electron chi connectivity index (χ3n) is 0.733. The van der Waals surface area contributed by atoms with E-state index in [1.165, 1.54) is 0 Å². The molecular weight excluding hydrogens is 132 g/mol. The minimum absolute atomic E-state index is 0. The van der Waals surface area contributed by atoms with Gasteiger partial charge in [-0.25, -0.2) is 0 Å². The Balaban J connectivity index is 0.000000490. The number of hydrogen-bond donors (Lipinski definition) is 0. The summed E-state index contributed by atoms with van der Waals surface area (Å²) in [6, 6.07) is 9.44. The van der Waals surface area contributed by atoms with Crippen molar-refractivity contribution in [2.45, 2.75) is 0 Å². The molecule has 0 saturated carbocycles. The van der Waals surface area contributed by atoms with Crippen molar-refractivity contribution in [1.29, 1.82) is 0 Å². The van der Waals surface area contributed by atoms with Crippen LogP contribution in [0.4, 0.5) is 0 Å². The summed E-state index contributed by atoms with van der Waals surface area (Å²) < 4.78 is 0. The average molecular weight is 139 g/mol. The first-order valence-corrected chi connectivity index (χ1v) is 2.48. The third kappa shape index (κ3) is 2.55. The molecule has 0 aliphatic carbocycles. The maximum atomic E-state index is 5.54. The van der Waals surface area contributed by atoms with Crippen LogP contribution in [0.5, 0.6) is 0 Å². The van der Waals surface area contributed by atoms with Crippen LogP contribution in [0.3, 0.4) is 0 Å². The Labute approximate surface area is 70.0 Å². The highest BCUT2D eigenvalue weighted by molar-refractivity contribution is 6.30. The van der Waals surface area contributed by atoms with Crippen LogP contribution in [0.25, 0.3) is 0 Å². The fourth-order valence-corrected chi connectivity index (χ4v) is 0.560. The molecule has 0 bridgehead atoms. The molecule has 0 radical (unpaired) electrons. The molecule has 40 valence electrons. The first kappa shape index (κ1) is 8.28. The molecule has 0 saturated heterocycles. The highest BCUT2D eigenvalue weighted by Crippen LogP contribution is 2.03. The van der Waals surface area contributed by atoms with Crippen LogP contribution >= 0.6 is 11.6 Å². The van der Waals surface area contributed by atoms with E-state index < -0.39 is 0 Å². The van der Waals surface area contributed by atoms with Crippen molar-refractivity contribution < 1.29 is 0 Å². The number of hydrogen-bond acceptors (Lipinski definition) is 0. The topological polar surface area (TPSA) is 0 Å². The summed E-state index contributed by atoms with van der Waals surface area (Å²) in [4.78, 5) is 0. The molecule has 0 N–H and O–H groups in total. The first-order valence-electron chi connectivity index (χ1n) is 2.10. The predicted octanol–water partition coefficient (Wildman–Crippen LogP) is 1.42. The van der Waals surface area contributed by atoms with Gasteiger partial charge < -0.3 is 0 Å². The fraction of sp³-hybridized carbons (Fsp3) is 0. The van der Waals surface area contributed by atoms with E-state index in [9.17, 15) is 0 Å². The summed E-state index contributed by atoms with van der Waals surface area (Å²) in [5.74, 6) is 0. The molecule has 0 nitrogen and oxygen atoms in total. The minimum Gasteiger partial charge on any atom is -0.0843 e. The lowest BCUT2D eigenvalue weighted by atomic mass is 10.4. The van der Waals surface area contributed by atoms with Crippen LogP contribution in [0.1, 0.15) is 0 Å². The van der Waals surface area contributed by atoms with Crippen LogP contribution in [0.2, 0.25) is 5.02 Å². The van der Waals surface area contributed by atoms with E-state index in [-0.39, 0.29) is 23.1 Å². The SMILES string of the molecule is Clc1ccccc1.[MgH2]. The Morgan fingerprint density at radius 2 is 1.50 bits per heavy atom. The molecule has 0 fully saturated rings. The van der Waals surface area contributed by atoms with Gasteiger partial charge in [-0.15, -0.1) is 0 Å². The van der Waals surface area contributed by atoms with Crippen LogP contribution in [0, 0.1) is 0 Å². The second-order valence-electron chi connectivity index (χ2n) is 1.30. The molecular formula is C6H7ClMg. The molecule has 0 aromatic heterocycles. The molecule has 0 aliphatic heterocycles. The zero-order valence-electron chi connectivity index (χ0n) is 3.76. The van der Waals surface area contributed by atoms with Crippen LogP contribution in [-0.2, 0) is 0 Å². The molecule has 0 atom stereocenters. The van der Waals surface area contributed by atoms with Crippen LogP contribution < -0.4 is 0 Å². The van der Waals surface area contributed by atoms with E-state index in [0.717, 1.165) is 5.02 Å². The first-order chi connectivity index (χ1) is 3.39. The molecule has 8 heavy (non-hydrogen) atoms. The molecule has 1 aromatic carbocycles. The zero-order chi connectivity index (χ0) is 5.11. The van der Waals surface area contributed by atoms with E-state index in [1.54, 1.807) is 0 Å². The lowest BCUT2D eigenvalue weighted by Crippen LogP contribution is -1.55. The second-order valence-corrected chi connectivity index (χ2v) is 1.73. The number of benzene rings is 1. The molecule has 1 rings (SSSR count). The smallest absolute Gasteiger partial charge is 0.0843 e. The lowest BCUT2D eigenvalue weighted by molar-refractivity contribution is 1.71. The highest BCUT2D eigenvalue weighted by atomic mass is 35.5. The largest absolute Gasteiger partial charge is 0.316 e.